The lowest BCUT2D eigenvalue weighted by atomic mass is 10.1. The second-order valence-electron chi connectivity index (χ2n) is 6.23. The molecule has 1 heterocycles. The lowest BCUT2D eigenvalue weighted by Crippen LogP contribution is -2.11. The van der Waals surface area contributed by atoms with E-state index < -0.39 is 16.1 Å². The van der Waals surface area contributed by atoms with Crippen molar-refractivity contribution in [2.24, 2.45) is 5.16 Å². The average Bonchev–Trinajstić information content (AvgIpc) is 2.97. The number of benzene rings is 2. The summed E-state index contributed by atoms with van der Waals surface area (Å²) in [7, 11) is -4.06. The van der Waals surface area contributed by atoms with Gasteiger partial charge in [-0.05, 0) is 72.6 Å². The zero-order chi connectivity index (χ0) is 21.2. The normalized spacial score (nSPS) is 15.2. The molecule has 0 saturated carbocycles. The van der Waals surface area contributed by atoms with E-state index in [1.807, 2.05) is 6.92 Å². The molecular weight excluding hydrogens is 462 g/mol. The average molecular weight is 480 g/mol. The number of aryl methyl sites for hydroxylation is 1. The van der Waals surface area contributed by atoms with Gasteiger partial charge in [-0.25, -0.2) is 4.79 Å². The minimum atomic E-state index is -4.06. The first-order chi connectivity index (χ1) is 13.7. The summed E-state index contributed by atoms with van der Waals surface area (Å²) in [4.78, 5) is 16.4. The highest BCUT2D eigenvalue weighted by Gasteiger charge is 2.24. The summed E-state index contributed by atoms with van der Waals surface area (Å²) in [5.74, 6) is -0.321. The fourth-order valence-corrected chi connectivity index (χ4v) is 4.17. The third-order valence-electron chi connectivity index (χ3n) is 4.02. The number of oxime groups is 1. The van der Waals surface area contributed by atoms with Crippen LogP contribution in [0.15, 0.2) is 56.5 Å². The van der Waals surface area contributed by atoms with Crippen molar-refractivity contribution >= 4 is 43.8 Å². The Morgan fingerprint density at radius 1 is 1.17 bits per heavy atom. The van der Waals surface area contributed by atoms with E-state index in [-0.39, 0.29) is 23.0 Å². The molecule has 0 amide bonds. The van der Waals surface area contributed by atoms with Gasteiger partial charge in [-0.3, -0.25) is 0 Å². The number of rotatable bonds is 6. The Bertz CT molecular complexity index is 1120. The van der Waals surface area contributed by atoms with Gasteiger partial charge in [0.05, 0.1) is 22.4 Å². The predicted octanol–water partition coefficient (Wildman–Crippen LogP) is 4.24. The molecular formula is C20H18BrNO6S. The van der Waals surface area contributed by atoms with Crippen molar-refractivity contribution in [1.29, 1.82) is 0 Å². The summed E-state index contributed by atoms with van der Waals surface area (Å²) in [5, 5.41) is 3.63. The molecule has 0 atom stereocenters. The molecule has 0 bridgehead atoms. The molecule has 29 heavy (non-hydrogen) atoms. The van der Waals surface area contributed by atoms with Gasteiger partial charge >= 0.3 is 16.1 Å². The SMILES string of the molecule is CCOc1cc(/C=C2/C(=O)ON=C2C)cc(Br)c1OS(=O)(=O)c1ccc(C)cc1. The lowest BCUT2D eigenvalue weighted by Gasteiger charge is -2.14. The highest BCUT2D eigenvalue weighted by atomic mass is 79.9. The molecule has 2 aromatic carbocycles. The van der Waals surface area contributed by atoms with Gasteiger partial charge in [0.2, 0.25) is 0 Å². The number of hydrogen-bond donors (Lipinski definition) is 0. The maximum Gasteiger partial charge on any atom is 0.367 e. The van der Waals surface area contributed by atoms with E-state index in [9.17, 15) is 13.2 Å². The summed E-state index contributed by atoms with van der Waals surface area (Å²) in [6.07, 6.45) is 1.58. The van der Waals surface area contributed by atoms with Crippen LogP contribution < -0.4 is 8.92 Å². The van der Waals surface area contributed by atoms with Crippen LogP contribution in [0.5, 0.6) is 11.5 Å². The molecule has 3 rings (SSSR count). The maximum atomic E-state index is 12.7. The lowest BCUT2D eigenvalue weighted by molar-refractivity contribution is -0.136. The van der Waals surface area contributed by atoms with Crippen LogP contribution in [0.25, 0.3) is 6.08 Å². The molecule has 152 valence electrons. The van der Waals surface area contributed by atoms with Crippen molar-refractivity contribution in [3.63, 3.8) is 0 Å². The quantitative estimate of drug-likeness (QED) is 0.349. The number of carbonyl (C=O) groups excluding carboxylic acids is 1. The van der Waals surface area contributed by atoms with Crippen LogP contribution in [-0.4, -0.2) is 26.7 Å². The van der Waals surface area contributed by atoms with Gasteiger partial charge in [0, 0.05) is 0 Å². The van der Waals surface area contributed by atoms with Crippen molar-refractivity contribution in [2.75, 3.05) is 6.61 Å². The van der Waals surface area contributed by atoms with Crippen LogP contribution in [0, 0.1) is 6.92 Å². The fraction of sp³-hybridized carbons (Fsp3) is 0.200. The third-order valence-corrected chi connectivity index (χ3v) is 5.85. The van der Waals surface area contributed by atoms with E-state index in [0.717, 1.165) is 5.56 Å². The minimum Gasteiger partial charge on any atom is -0.490 e. The Hall–Kier alpha value is -2.65. The second kappa shape index (κ2) is 8.38. The van der Waals surface area contributed by atoms with Gasteiger partial charge in [0.25, 0.3) is 0 Å². The van der Waals surface area contributed by atoms with Gasteiger partial charge in [-0.15, -0.1) is 0 Å². The van der Waals surface area contributed by atoms with Gasteiger partial charge in [-0.2, -0.15) is 8.42 Å². The van der Waals surface area contributed by atoms with Crippen molar-refractivity contribution in [1.82, 2.24) is 0 Å². The Morgan fingerprint density at radius 2 is 1.86 bits per heavy atom. The molecule has 1 aliphatic rings. The highest BCUT2D eigenvalue weighted by Crippen LogP contribution is 2.39. The second-order valence-corrected chi connectivity index (χ2v) is 8.63. The minimum absolute atomic E-state index is 0.0222. The van der Waals surface area contributed by atoms with Crippen molar-refractivity contribution in [3.8, 4) is 11.5 Å². The molecule has 0 N–H and O–H groups in total. The fourth-order valence-electron chi connectivity index (χ4n) is 2.56. The summed E-state index contributed by atoms with van der Waals surface area (Å²) < 4.78 is 36.7. The van der Waals surface area contributed by atoms with Crippen LogP contribution in [0.4, 0.5) is 0 Å². The molecule has 7 nitrogen and oxygen atoms in total. The van der Waals surface area contributed by atoms with Crippen LogP contribution in [-0.2, 0) is 19.8 Å². The number of nitrogens with zero attached hydrogens (tertiary/aromatic N) is 1. The highest BCUT2D eigenvalue weighted by molar-refractivity contribution is 9.10. The number of halogens is 1. The van der Waals surface area contributed by atoms with Gasteiger partial charge in [0.1, 0.15) is 4.90 Å². The topological polar surface area (TPSA) is 91.3 Å². The molecule has 0 aliphatic carbocycles. The molecule has 0 radical (unpaired) electrons. The first-order valence-corrected chi connectivity index (χ1v) is 10.9. The number of hydrogen-bond acceptors (Lipinski definition) is 7. The molecule has 0 spiro atoms. The van der Waals surface area contributed by atoms with Crippen LogP contribution >= 0.6 is 15.9 Å². The molecule has 2 aromatic rings. The largest absolute Gasteiger partial charge is 0.490 e. The molecule has 0 fully saturated rings. The Kier molecular flexibility index (Phi) is 6.09. The Labute approximate surface area is 177 Å². The van der Waals surface area contributed by atoms with E-state index in [4.69, 9.17) is 8.92 Å². The maximum absolute atomic E-state index is 12.7. The Balaban J connectivity index is 2.01. The zero-order valence-electron chi connectivity index (χ0n) is 15.9. The smallest absolute Gasteiger partial charge is 0.367 e. The summed E-state index contributed by atoms with van der Waals surface area (Å²) >= 11 is 3.34. The molecule has 1 aliphatic heterocycles. The van der Waals surface area contributed by atoms with Gasteiger partial charge in [-0.1, -0.05) is 22.9 Å². The van der Waals surface area contributed by atoms with E-state index in [1.54, 1.807) is 44.2 Å². The van der Waals surface area contributed by atoms with Crippen molar-refractivity contribution in [2.45, 2.75) is 25.7 Å². The number of carbonyl (C=O) groups is 1. The molecule has 9 heteroatoms. The zero-order valence-corrected chi connectivity index (χ0v) is 18.3. The third kappa shape index (κ3) is 4.68. The van der Waals surface area contributed by atoms with Crippen molar-refractivity contribution < 1.29 is 27.0 Å². The first kappa shape index (κ1) is 21.1. The monoisotopic (exact) mass is 479 g/mol. The summed E-state index contributed by atoms with van der Waals surface area (Å²) in [6.45, 7) is 5.57. The van der Waals surface area contributed by atoms with E-state index in [1.165, 1.54) is 12.1 Å². The van der Waals surface area contributed by atoms with Gasteiger partial charge < -0.3 is 13.8 Å². The standard InChI is InChI=1S/C20H18BrNO6S/c1-4-26-18-11-14(9-16-13(3)22-27-20(16)23)10-17(21)19(18)28-29(24,25)15-7-5-12(2)6-8-15/h5-11H,4H2,1-3H3/b16-9+. The molecule has 0 aromatic heterocycles. The van der Waals surface area contributed by atoms with Gasteiger partial charge in [0.15, 0.2) is 11.5 Å². The molecule has 0 saturated heterocycles. The van der Waals surface area contributed by atoms with E-state index in [2.05, 4.69) is 25.9 Å². The summed E-state index contributed by atoms with van der Waals surface area (Å²) in [5.41, 5.74) is 2.28. The van der Waals surface area contributed by atoms with Crippen LogP contribution in [0.2, 0.25) is 0 Å². The van der Waals surface area contributed by atoms with Crippen LogP contribution in [0.1, 0.15) is 25.0 Å². The van der Waals surface area contributed by atoms with Crippen molar-refractivity contribution in [3.05, 3.63) is 57.6 Å². The Morgan fingerprint density at radius 3 is 2.45 bits per heavy atom. The van der Waals surface area contributed by atoms with Crippen LogP contribution in [0.3, 0.4) is 0 Å². The molecule has 0 unspecified atom stereocenters. The van der Waals surface area contributed by atoms with E-state index in [0.29, 0.717) is 21.3 Å². The number of ether oxygens (including phenoxy) is 1. The first-order valence-electron chi connectivity index (χ1n) is 8.66. The summed E-state index contributed by atoms with van der Waals surface area (Å²) in [6, 6.07) is 9.54. The predicted molar refractivity (Wildman–Crippen MR) is 111 cm³/mol. The van der Waals surface area contributed by atoms with E-state index >= 15 is 0 Å².